The van der Waals surface area contributed by atoms with Crippen molar-refractivity contribution < 1.29 is 38.5 Å². The van der Waals surface area contributed by atoms with E-state index in [-0.39, 0.29) is 12.3 Å². The summed E-state index contributed by atoms with van der Waals surface area (Å²) in [7, 11) is 0. The Kier molecular flexibility index (Phi) is 8.60. The number of nitrogens with zero attached hydrogens (tertiary/aromatic N) is 4. The smallest absolute Gasteiger partial charge is 0.415 e. The Morgan fingerprint density at radius 2 is 1.25 bits per heavy atom. The Labute approximate surface area is 301 Å². The quantitative estimate of drug-likeness (QED) is 0.155. The number of phenols is 1. The van der Waals surface area contributed by atoms with Crippen LogP contribution in [0.25, 0.3) is 11.3 Å². The zero-order valence-electron chi connectivity index (χ0n) is 27.8. The zero-order chi connectivity index (χ0) is 36.5. The summed E-state index contributed by atoms with van der Waals surface area (Å²) in [5, 5.41) is 14.3. The first-order valence-corrected chi connectivity index (χ1v) is 16.6. The van der Waals surface area contributed by atoms with Crippen LogP contribution in [0.5, 0.6) is 17.2 Å². The number of carbonyl (C=O) groups is 4. The molecule has 2 aromatic heterocycles. The SMILES string of the molecule is O=C1NC(=O)C(c2c(Cc3ccccc3)ncn2Cc2cccc(Oc3ccc(-c4ncn(Cc5cccc(O)c5)c4C4OC(=O)NC4=O)cc3)c2)O1. The maximum Gasteiger partial charge on any atom is 0.415 e. The van der Waals surface area contributed by atoms with E-state index in [0.29, 0.717) is 52.8 Å². The topological polar surface area (TPSA) is 176 Å². The average Bonchev–Trinajstić information content (AvgIpc) is 3.90. The van der Waals surface area contributed by atoms with Crippen molar-refractivity contribution in [3.8, 4) is 28.5 Å². The van der Waals surface area contributed by atoms with Gasteiger partial charge in [0.1, 0.15) is 17.2 Å². The molecule has 14 heteroatoms. The molecule has 2 atom stereocenters. The Balaban J connectivity index is 1.03. The molecule has 0 spiro atoms. The summed E-state index contributed by atoms with van der Waals surface area (Å²) in [5.41, 5.74) is 5.20. The Hall–Kier alpha value is -7.22. The fraction of sp³-hybridized carbons (Fsp3) is 0.128. The molecule has 4 aromatic carbocycles. The van der Waals surface area contributed by atoms with E-state index < -0.39 is 36.2 Å². The molecule has 53 heavy (non-hydrogen) atoms. The van der Waals surface area contributed by atoms with E-state index in [1.165, 1.54) is 0 Å². The Morgan fingerprint density at radius 1 is 0.642 bits per heavy atom. The number of phenolic OH excluding ortho intramolecular Hbond substituents is 1. The van der Waals surface area contributed by atoms with E-state index in [0.717, 1.165) is 16.7 Å². The number of alkyl carbamates (subject to hydrolysis) is 2. The highest BCUT2D eigenvalue weighted by molar-refractivity contribution is 6.01. The third kappa shape index (κ3) is 6.93. The minimum absolute atomic E-state index is 0.0976. The van der Waals surface area contributed by atoms with Gasteiger partial charge in [0.15, 0.2) is 0 Å². The van der Waals surface area contributed by atoms with Crippen molar-refractivity contribution in [2.45, 2.75) is 31.7 Å². The number of hydrogen-bond donors (Lipinski definition) is 3. The number of amides is 4. The molecule has 4 heterocycles. The fourth-order valence-electron chi connectivity index (χ4n) is 6.45. The predicted molar refractivity (Wildman–Crippen MR) is 187 cm³/mol. The molecule has 0 bridgehead atoms. The molecule has 6 aromatic rings. The van der Waals surface area contributed by atoms with Crippen LogP contribution in [0.2, 0.25) is 0 Å². The highest BCUT2D eigenvalue weighted by Crippen LogP contribution is 2.34. The third-order valence-corrected chi connectivity index (χ3v) is 8.80. The number of benzene rings is 4. The van der Waals surface area contributed by atoms with Crippen LogP contribution in [0, 0.1) is 0 Å². The number of aromatic hydroxyl groups is 1. The number of carbonyl (C=O) groups excluding carboxylic acids is 4. The largest absolute Gasteiger partial charge is 0.508 e. The van der Waals surface area contributed by atoms with Gasteiger partial charge in [-0.2, -0.15) is 0 Å². The monoisotopic (exact) mass is 710 g/mol. The van der Waals surface area contributed by atoms with Gasteiger partial charge in [0.25, 0.3) is 11.8 Å². The van der Waals surface area contributed by atoms with Crippen LogP contribution >= 0.6 is 0 Å². The lowest BCUT2D eigenvalue weighted by atomic mass is 10.1. The molecule has 0 radical (unpaired) electrons. The molecule has 2 saturated heterocycles. The van der Waals surface area contributed by atoms with Gasteiger partial charge in [0, 0.05) is 25.1 Å². The zero-order valence-corrected chi connectivity index (χ0v) is 27.8. The lowest BCUT2D eigenvalue weighted by Gasteiger charge is -2.15. The maximum atomic E-state index is 12.7. The predicted octanol–water partition coefficient (Wildman–Crippen LogP) is 5.55. The van der Waals surface area contributed by atoms with E-state index in [1.54, 1.807) is 64.3 Å². The summed E-state index contributed by atoms with van der Waals surface area (Å²) in [5.74, 6) is 0.0307. The van der Waals surface area contributed by atoms with Gasteiger partial charge in [0.2, 0.25) is 12.2 Å². The number of imide groups is 2. The van der Waals surface area contributed by atoms with Crippen molar-refractivity contribution in [2.24, 2.45) is 0 Å². The molecule has 0 aliphatic carbocycles. The second-order valence-corrected chi connectivity index (χ2v) is 12.5. The maximum absolute atomic E-state index is 12.7. The van der Waals surface area contributed by atoms with Gasteiger partial charge < -0.3 is 28.5 Å². The molecule has 0 saturated carbocycles. The van der Waals surface area contributed by atoms with Crippen LogP contribution in [0.1, 0.15) is 46.0 Å². The third-order valence-electron chi connectivity index (χ3n) is 8.80. The molecular formula is C39H30N6O8. The molecule has 4 amide bonds. The molecule has 3 N–H and O–H groups in total. The number of imidazole rings is 2. The normalized spacial score (nSPS) is 16.6. The van der Waals surface area contributed by atoms with Crippen molar-refractivity contribution in [2.75, 3.05) is 0 Å². The Bertz CT molecular complexity index is 2370. The lowest BCUT2D eigenvalue weighted by Crippen LogP contribution is -2.22. The summed E-state index contributed by atoms with van der Waals surface area (Å²) >= 11 is 0. The second kappa shape index (κ2) is 13.8. The number of nitrogens with one attached hydrogen (secondary N) is 2. The van der Waals surface area contributed by atoms with E-state index in [2.05, 4.69) is 20.6 Å². The van der Waals surface area contributed by atoms with Crippen LogP contribution in [-0.4, -0.2) is 48.2 Å². The molecule has 2 fully saturated rings. The lowest BCUT2D eigenvalue weighted by molar-refractivity contribution is -0.124. The number of hydrogen-bond acceptors (Lipinski definition) is 10. The number of cyclic esters (lactones) is 2. The summed E-state index contributed by atoms with van der Waals surface area (Å²) in [6.07, 6.45) is -0.344. The van der Waals surface area contributed by atoms with E-state index in [9.17, 15) is 24.3 Å². The van der Waals surface area contributed by atoms with Gasteiger partial charge in [-0.3, -0.25) is 20.2 Å². The van der Waals surface area contributed by atoms with E-state index in [1.807, 2.05) is 60.7 Å². The van der Waals surface area contributed by atoms with E-state index in [4.69, 9.17) is 14.2 Å². The molecule has 264 valence electrons. The van der Waals surface area contributed by atoms with E-state index >= 15 is 0 Å². The molecule has 2 aliphatic heterocycles. The number of rotatable bonds is 11. The van der Waals surface area contributed by atoms with Crippen LogP contribution in [0.15, 0.2) is 116 Å². The van der Waals surface area contributed by atoms with Crippen LogP contribution < -0.4 is 15.4 Å². The molecular weight excluding hydrogens is 680 g/mol. The summed E-state index contributed by atoms with van der Waals surface area (Å²) in [6, 6.07) is 30.9. The van der Waals surface area contributed by atoms with Gasteiger partial charge in [-0.05, 0) is 65.2 Å². The average molecular weight is 711 g/mol. The summed E-state index contributed by atoms with van der Waals surface area (Å²) < 4.78 is 20.4. The van der Waals surface area contributed by atoms with Gasteiger partial charge in [-0.1, -0.05) is 54.6 Å². The standard InChI is InChI=1S/C39H30N6O8/c46-27-10-4-8-24(16-27)19-45-22-41-31(33(45)35-37(48)43-39(50)53-35)26-12-14-28(15-13-26)51-29-11-5-9-25(17-29)20-44-21-40-30(18-23-6-2-1-3-7-23)32(44)34-36(47)42-38(49)52-34/h1-17,21-22,34-35,46H,18-20H2,(H,42,47,49)(H,43,48,50). The molecule has 14 nitrogen and oxygen atoms in total. The van der Waals surface area contributed by atoms with Crippen LogP contribution in [-0.2, 0) is 38.6 Å². The summed E-state index contributed by atoms with van der Waals surface area (Å²) in [4.78, 5) is 58.5. The Morgan fingerprint density at radius 3 is 1.91 bits per heavy atom. The fourth-order valence-corrected chi connectivity index (χ4v) is 6.45. The van der Waals surface area contributed by atoms with Crippen molar-refractivity contribution >= 4 is 24.0 Å². The summed E-state index contributed by atoms with van der Waals surface area (Å²) in [6.45, 7) is 0.589. The minimum Gasteiger partial charge on any atom is -0.508 e. The molecule has 2 unspecified atom stereocenters. The number of ether oxygens (including phenoxy) is 3. The highest BCUT2D eigenvalue weighted by Gasteiger charge is 2.39. The second-order valence-electron chi connectivity index (χ2n) is 12.5. The van der Waals surface area contributed by atoms with Crippen molar-refractivity contribution in [3.05, 3.63) is 150 Å². The molecule has 8 rings (SSSR count). The van der Waals surface area contributed by atoms with Gasteiger partial charge in [-0.25, -0.2) is 19.6 Å². The molecule has 2 aliphatic rings. The van der Waals surface area contributed by atoms with Gasteiger partial charge in [0.05, 0.1) is 35.4 Å². The minimum atomic E-state index is -1.21. The first kappa shape index (κ1) is 33.0. The van der Waals surface area contributed by atoms with Crippen molar-refractivity contribution in [1.82, 2.24) is 29.7 Å². The van der Waals surface area contributed by atoms with Gasteiger partial charge in [-0.15, -0.1) is 0 Å². The number of aromatic nitrogens is 4. The first-order chi connectivity index (χ1) is 25.8. The van der Waals surface area contributed by atoms with Crippen molar-refractivity contribution in [1.29, 1.82) is 0 Å². The van der Waals surface area contributed by atoms with Crippen LogP contribution in [0.4, 0.5) is 9.59 Å². The highest BCUT2D eigenvalue weighted by atomic mass is 16.6. The first-order valence-electron chi connectivity index (χ1n) is 16.6. The van der Waals surface area contributed by atoms with Crippen LogP contribution in [0.3, 0.4) is 0 Å². The van der Waals surface area contributed by atoms with Crippen molar-refractivity contribution in [3.63, 3.8) is 0 Å². The van der Waals surface area contributed by atoms with Gasteiger partial charge >= 0.3 is 12.2 Å².